The molecule has 0 heterocycles. The number of rotatable bonds is 10. The van der Waals surface area contributed by atoms with E-state index < -0.39 is 34.4 Å². The van der Waals surface area contributed by atoms with E-state index in [2.05, 4.69) is 4.74 Å². The van der Waals surface area contributed by atoms with Gasteiger partial charge in [0.05, 0.1) is 0 Å². The van der Waals surface area contributed by atoms with Crippen molar-refractivity contribution in [3.05, 3.63) is 35.4 Å². The molecule has 1 aromatic carbocycles. The largest absolute Gasteiger partial charge is 0.464 e. The third kappa shape index (κ3) is 8.69. The van der Waals surface area contributed by atoms with Crippen LogP contribution < -0.4 is 0 Å². The van der Waals surface area contributed by atoms with E-state index in [-0.39, 0.29) is 25.9 Å². The zero-order valence-corrected chi connectivity index (χ0v) is 14.4. The summed E-state index contributed by atoms with van der Waals surface area (Å²) in [6.45, 7) is -0.211. The highest BCUT2D eigenvalue weighted by Gasteiger charge is 2.10. The SMILES string of the molecule is BCc1ccccc1COC(=O)CCCC(=O)OCCS(=O)(=O)O. The summed E-state index contributed by atoms with van der Waals surface area (Å²) < 4.78 is 39.2. The summed E-state index contributed by atoms with van der Waals surface area (Å²) in [5.74, 6) is -1.67. The quantitative estimate of drug-likeness (QED) is 0.369. The van der Waals surface area contributed by atoms with Crippen molar-refractivity contribution in [2.45, 2.75) is 32.2 Å². The Balaban J connectivity index is 2.21. The molecule has 0 amide bonds. The highest BCUT2D eigenvalue weighted by atomic mass is 32.2. The van der Waals surface area contributed by atoms with Gasteiger partial charge in [-0.3, -0.25) is 14.1 Å². The van der Waals surface area contributed by atoms with E-state index >= 15 is 0 Å². The summed E-state index contributed by atoms with van der Waals surface area (Å²) in [4.78, 5) is 23.0. The van der Waals surface area contributed by atoms with Crippen LogP contribution in [0.2, 0.25) is 0 Å². The van der Waals surface area contributed by atoms with E-state index in [4.69, 9.17) is 9.29 Å². The summed E-state index contributed by atoms with van der Waals surface area (Å²) in [5, 5.41) is 0. The van der Waals surface area contributed by atoms with Gasteiger partial charge in [-0.2, -0.15) is 8.42 Å². The Kier molecular flexibility index (Phi) is 8.49. The second-order valence-electron chi connectivity index (χ2n) is 5.14. The fourth-order valence-corrected chi connectivity index (χ4v) is 2.28. The smallest absolute Gasteiger partial charge is 0.306 e. The lowest BCUT2D eigenvalue weighted by atomic mass is 9.93. The Morgan fingerprint density at radius 1 is 1.04 bits per heavy atom. The van der Waals surface area contributed by atoms with Crippen LogP contribution in [0.1, 0.15) is 30.4 Å². The van der Waals surface area contributed by atoms with Gasteiger partial charge < -0.3 is 9.47 Å². The second-order valence-corrected chi connectivity index (χ2v) is 6.72. The molecular weight excluding hydrogens is 335 g/mol. The van der Waals surface area contributed by atoms with E-state index in [0.717, 1.165) is 17.4 Å². The van der Waals surface area contributed by atoms with E-state index in [1.165, 1.54) is 0 Å². The molecule has 0 atom stereocenters. The number of ether oxygens (including phenoxy) is 2. The summed E-state index contributed by atoms with van der Waals surface area (Å²) in [6.07, 6.45) is 1.15. The van der Waals surface area contributed by atoms with Gasteiger partial charge >= 0.3 is 11.9 Å². The summed E-state index contributed by atoms with van der Waals surface area (Å²) in [5.41, 5.74) is 2.07. The first-order chi connectivity index (χ1) is 11.3. The van der Waals surface area contributed by atoms with E-state index in [1.54, 1.807) is 0 Å². The van der Waals surface area contributed by atoms with Crippen molar-refractivity contribution < 1.29 is 32.0 Å². The average Bonchev–Trinajstić information content (AvgIpc) is 2.52. The fraction of sp³-hybridized carbons (Fsp3) is 0.467. The van der Waals surface area contributed by atoms with Crippen LogP contribution in [-0.2, 0) is 42.1 Å². The molecule has 7 nitrogen and oxygen atoms in total. The molecule has 0 aliphatic heterocycles. The van der Waals surface area contributed by atoms with Gasteiger partial charge in [-0.25, -0.2) is 0 Å². The number of carbonyl (C=O) groups is 2. The lowest BCUT2D eigenvalue weighted by Crippen LogP contribution is -2.15. The molecule has 0 bridgehead atoms. The van der Waals surface area contributed by atoms with Gasteiger partial charge in [-0.15, -0.1) is 0 Å². The number of hydrogen-bond donors (Lipinski definition) is 1. The first kappa shape index (κ1) is 20.2. The van der Waals surface area contributed by atoms with Crippen LogP contribution in [0.4, 0.5) is 0 Å². The van der Waals surface area contributed by atoms with Gasteiger partial charge in [0.25, 0.3) is 10.1 Å². The molecule has 1 rings (SSSR count). The van der Waals surface area contributed by atoms with Crippen molar-refractivity contribution in [3.63, 3.8) is 0 Å². The molecule has 0 aliphatic carbocycles. The molecule has 0 radical (unpaired) electrons. The maximum atomic E-state index is 11.7. The van der Waals surface area contributed by atoms with Crippen LogP contribution in [0.3, 0.4) is 0 Å². The normalized spacial score (nSPS) is 11.0. The monoisotopic (exact) mass is 356 g/mol. The molecule has 9 heteroatoms. The van der Waals surface area contributed by atoms with Crippen LogP contribution in [0.15, 0.2) is 24.3 Å². The van der Waals surface area contributed by atoms with E-state index in [1.807, 2.05) is 32.1 Å². The summed E-state index contributed by atoms with van der Waals surface area (Å²) in [7, 11) is -2.12. The zero-order valence-electron chi connectivity index (χ0n) is 13.6. The van der Waals surface area contributed by atoms with Gasteiger partial charge in [0.1, 0.15) is 26.8 Å². The number of esters is 2. The Hall–Kier alpha value is -1.87. The highest BCUT2D eigenvalue weighted by Crippen LogP contribution is 2.11. The molecule has 0 aliphatic rings. The third-order valence-electron chi connectivity index (χ3n) is 3.25. The molecule has 0 saturated heterocycles. The molecule has 1 N–H and O–H groups in total. The Morgan fingerprint density at radius 3 is 2.21 bits per heavy atom. The predicted molar refractivity (Wildman–Crippen MR) is 89.7 cm³/mol. The molecule has 1 aromatic rings. The van der Waals surface area contributed by atoms with Crippen molar-refractivity contribution in [2.24, 2.45) is 0 Å². The number of hydrogen-bond acceptors (Lipinski definition) is 6. The fourth-order valence-electron chi connectivity index (χ4n) is 1.98. The van der Waals surface area contributed by atoms with Gasteiger partial charge in [0.2, 0.25) is 0 Å². The third-order valence-corrected chi connectivity index (χ3v) is 3.94. The molecule has 132 valence electrons. The lowest BCUT2D eigenvalue weighted by molar-refractivity contribution is -0.146. The van der Waals surface area contributed by atoms with Crippen LogP contribution in [0, 0.1) is 0 Å². The van der Waals surface area contributed by atoms with E-state index in [9.17, 15) is 18.0 Å². The van der Waals surface area contributed by atoms with Crippen molar-refractivity contribution in [1.29, 1.82) is 0 Å². The lowest BCUT2D eigenvalue weighted by Gasteiger charge is -2.09. The van der Waals surface area contributed by atoms with Crippen molar-refractivity contribution in [2.75, 3.05) is 12.4 Å². The summed E-state index contributed by atoms with van der Waals surface area (Å²) >= 11 is 0. The average molecular weight is 356 g/mol. The standard InChI is InChI=1S/C15H21BO7S/c16-10-12-4-1-2-5-13(12)11-23-15(18)7-3-6-14(17)22-8-9-24(19,20)21/h1-2,4-5H,3,6-11,16H2,(H,19,20,21). The molecule has 0 fully saturated rings. The Labute approximate surface area is 142 Å². The minimum Gasteiger partial charge on any atom is -0.464 e. The molecule has 0 aromatic heterocycles. The van der Waals surface area contributed by atoms with Crippen molar-refractivity contribution in [1.82, 2.24) is 0 Å². The zero-order chi connectivity index (χ0) is 18.0. The molecule has 0 saturated carbocycles. The first-order valence-corrected chi connectivity index (χ1v) is 9.26. The van der Waals surface area contributed by atoms with Gasteiger partial charge in [-0.05, 0) is 17.5 Å². The molecular formula is C15H21BO7S. The van der Waals surface area contributed by atoms with Crippen molar-refractivity contribution in [3.8, 4) is 0 Å². The predicted octanol–water partition coefficient (Wildman–Crippen LogP) is 0.464. The first-order valence-electron chi connectivity index (χ1n) is 7.65. The minimum atomic E-state index is -4.14. The van der Waals surface area contributed by atoms with Gasteiger partial charge in [0, 0.05) is 12.8 Å². The van der Waals surface area contributed by atoms with Crippen LogP contribution in [0.5, 0.6) is 0 Å². The molecule has 0 unspecified atom stereocenters. The topological polar surface area (TPSA) is 107 Å². The second kappa shape index (κ2) is 10.1. The number of carbonyl (C=O) groups excluding carboxylic acids is 2. The van der Waals surface area contributed by atoms with Gasteiger partial charge in [0.15, 0.2) is 0 Å². The van der Waals surface area contributed by atoms with Crippen LogP contribution >= 0.6 is 0 Å². The summed E-state index contributed by atoms with van der Waals surface area (Å²) in [6, 6.07) is 7.69. The van der Waals surface area contributed by atoms with Crippen LogP contribution in [-0.4, -0.2) is 45.1 Å². The molecule has 0 spiro atoms. The highest BCUT2D eigenvalue weighted by molar-refractivity contribution is 7.85. The Morgan fingerprint density at radius 2 is 1.62 bits per heavy atom. The molecule has 24 heavy (non-hydrogen) atoms. The van der Waals surface area contributed by atoms with Crippen LogP contribution in [0.25, 0.3) is 0 Å². The maximum absolute atomic E-state index is 11.7. The van der Waals surface area contributed by atoms with Crippen molar-refractivity contribution >= 4 is 29.9 Å². The van der Waals surface area contributed by atoms with E-state index in [0.29, 0.717) is 0 Å². The minimum absolute atomic E-state index is 0.0217. The van der Waals surface area contributed by atoms with Gasteiger partial charge in [-0.1, -0.05) is 30.6 Å². The maximum Gasteiger partial charge on any atom is 0.306 e. The number of benzene rings is 1. The Bertz CT molecular complexity index is 658.